The molecule has 0 radical (unpaired) electrons. The molecule has 0 aliphatic heterocycles. The van der Waals surface area contributed by atoms with Crippen molar-refractivity contribution < 1.29 is 9.53 Å². The molecule has 1 N–H and O–H groups in total. The van der Waals surface area contributed by atoms with Gasteiger partial charge in [0.05, 0.1) is 12.9 Å². The SMILES string of the molecule is CCc1ccc(NC(=O)CSc2nnc(-c3ccc(OC)nc3)n2CC)cc1. The first-order chi connectivity index (χ1) is 13.6. The van der Waals surface area contributed by atoms with Gasteiger partial charge >= 0.3 is 0 Å². The highest BCUT2D eigenvalue weighted by Gasteiger charge is 2.15. The Morgan fingerprint density at radius 1 is 1.14 bits per heavy atom. The molecule has 8 heteroatoms. The van der Waals surface area contributed by atoms with Gasteiger partial charge < -0.3 is 14.6 Å². The van der Waals surface area contributed by atoms with Crippen LogP contribution in [0.15, 0.2) is 47.8 Å². The molecule has 3 rings (SSSR count). The van der Waals surface area contributed by atoms with Crippen LogP contribution in [0.5, 0.6) is 5.88 Å². The summed E-state index contributed by atoms with van der Waals surface area (Å²) < 4.78 is 7.06. The van der Waals surface area contributed by atoms with E-state index < -0.39 is 0 Å². The van der Waals surface area contributed by atoms with Crippen molar-refractivity contribution in [2.75, 3.05) is 18.2 Å². The van der Waals surface area contributed by atoms with Gasteiger partial charge in [-0.05, 0) is 37.1 Å². The van der Waals surface area contributed by atoms with Crippen molar-refractivity contribution in [3.8, 4) is 17.3 Å². The van der Waals surface area contributed by atoms with Crippen LogP contribution in [0, 0.1) is 0 Å². The van der Waals surface area contributed by atoms with Crippen molar-refractivity contribution in [1.82, 2.24) is 19.7 Å². The maximum atomic E-state index is 12.3. The lowest BCUT2D eigenvalue weighted by atomic mass is 10.1. The molecule has 2 heterocycles. The number of pyridine rings is 1. The predicted octanol–water partition coefficient (Wildman–Crippen LogP) is 3.66. The summed E-state index contributed by atoms with van der Waals surface area (Å²) in [5, 5.41) is 12.1. The number of ether oxygens (including phenoxy) is 1. The number of nitrogens with one attached hydrogen (secondary N) is 1. The third-order valence-electron chi connectivity index (χ3n) is 4.22. The van der Waals surface area contributed by atoms with Crippen LogP contribution in [0.1, 0.15) is 19.4 Å². The molecule has 1 amide bonds. The Kier molecular flexibility index (Phi) is 6.65. The second-order valence-corrected chi connectivity index (χ2v) is 6.97. The van der Waals surface area contributed by atoms with E-state index in [0.717, 1.165) is 23.5 Å². The van der Waals surface area contributed by atoms with Crippen molar-refractivity contribution >= 4 is 23.4 Å². The van der Waals surface area contributed by atoms with Gasteiger partial charge in [-0.1, -0.05) is 30.8 Å². The van der Waals surface area contributed by atoms with E-state index in [1.807, 2.05) is 41.8 Å². The number of carbonyl (C=O) groups is 1. The van der Waals surface area contributed by atoms with E-state index in [4.69, 9.17) is 4.74 Å². The smallest absolute Gasteiger partial charge is 0.234 e. The standard InChI is InChI=1S/C20H23N5O2S/c1-4-14-6-9-16(10-7-14)22-17(26)13-28-20-24-23-19(25(20)5-2)15-8-11-18(27-3)21-12-15/h6-12H,4-5,13H2,1-3H3,(H,22,26). The number of hydrogen-bond acceptors (Lipinski definition) is 6. The topological polar surface area (TPSA) is 81.9 Å². The van der Waals surface area contributed by atoms with E-state index in [-0.39, 0.29) is 11.7 Å². The molecule has 28 heavy (non-hydrogen) atoms. The highest BCUT2D eigenvalue weighted by molar-refractivity contribution is 7.99. The van der Waals surface area contributed by atoms with Crippen LogP contribution in [0.25, 0.3) is 11.4 Å². The van der Waals surface area contributed by atoms with E-state index in [1.54, 1.807) is 19.4 Å². The Morgan fingerprint density at radius 2 is 1.93 bits per heavy atom. The largest absolute Gasteiger partial charge is 0.481 e. The van der Waals surface area contributed by atoms with Crippen LogP contribution >= 0.6 is 11.8 Å². The van der Waals surface area contributed by atoms with Gasteiger partial charge in [0, 0.05) is 30.1 Å². The second kappa shape index (κ2) is 9.36. The van der Waals surface area contributed by atoms with E-state index in [1.165, 1.54) is 17.3 Å². The zero-order valence-corrected chi connectivity index (χ0v) is 17.0. The summed E-state index contributed by atoms with van der Waals surface area (Å²) in [5.74, 6) is 1.45. The predicted molar refractivity (Wildman–Crippen MR) is 111 cm³/mol. The lowest BCUT2D eigenvalue weighted by Gasteiger charge is -2.08. The first-order valence-corrected chi connectivity index (χ1v) is 10.1. The van der Waals surface area contributed by atoms with Gasteiger partial charge in [-0.3, -0.25) is 4.79 Å². The summed E-state index contributed by atoms with van der Waals surface area (Å²) in [5.41, 5.74) is 2.89. The molecule has 3 aromatic rings. The number of benzene rings is 1. The summed E-state index contributed by atoms with van der Waals surface area (Å²) in [6.45, 7) is 4.81. The summed E-state index contributed by atoms with van der Waals surface area (Å²) >= 11 is 1.36. The fourth-order valence-electron chi connectivity index (χ4n) is 2.68. The number of rotatable bonds is 8. The molecule has 0 aliphatic carbocycles. The Bertz CT molecular complexity index is 923. The minimum absolute atomic E-state index is 0.0763. The summed E-state index contributed by atoms with van der Waals surface area (Å²) in [6.07, 6.45) is 2.68. The second-order valence-electron chi connectivity index (χ2n) is 6.03. The van der Waals surface area contributed by atoms with Crippen molar-refractivity contribution in [2.24, 2.45) is 0 Å². The fraction of sp³-hybridized carbons (Fsp3) is 0.300. The molecule has 0 bridgehead atoms. The number of hydrogen-bond donors (Lipinski definition) is 1. The first-order valence-electron chi connectivity index (χ1n) is 9.09. The number of thioether (sulfide) groups is 1. The lowest BCUT2D eigenvalue weighted by Crippen LogP contribution is -2.14. The van der Waals surface area contributed by atoms with Crippen LogP contribution in [0.2, 0.25) is 0 Å². The molecule has 7 nitrogen and oxygen atoms in total. The fourth-order valence-corrected chi connectivity index (χ4v) is 3.48. The van der Waals surface area contributed by atoms with Crippen molar-refractivity contribution in [1.29, 1.82) is 0 Å². The molecular weight excluding hydrogens is 374 g/mol. The molecule has 146 valence electrons. The molecule has 2 aromatic heterocycles. The van der Waals surface area contributed by atoms with Gasteiger partial charge in [0.1, 0.15) is 0 Å². The van der Waals surface area contributed by atoms with Gasteiger partial charge in [0.25, 0.3) is 0 Å². The Hall–Kier alpha value is -2.87. The zero-order valence-electron chi connectivity index (χ0n) is 16.2. The summed E-state index contributed by atoms with van der Waals surface area (Å²) in [7, 11) is 1.58. The molecule has 1 aromatic carbocycles. The number of carbonyl (C=O) groups excluding carboxylic acids is 1. The molecule has 0 unspecified atom stereocenters. The Balaban J connectivity index is 1.65. The van der Waals surface area contributed by atoms with Crippen molar-refractivity contribution in [3.63, 3.8) is 0 Å². The molecule has 0 saturated carbocycles. The number of anilines is 1. The van der Waals surface area contributed by atoms with Crippen LogP contribution in [-0.4, -0.2) is 38.5 Å². The first kappa shape index (κ1) is 19.9. The number of nitrogens with zero attached hydrogens (tertiary/aromatic N) is 4. The normalized spacial score (nSPS) is 10.7. The van der Waals surface area contributed by atoms with Crippen LogP contribution in [0.4, 0.5) is 5.69 Å². The van der Waals surface area contributed by atoms with Gasteiger partial charge in [-0.15, -0.1) is 10.2 Å². The Labute approximate surface area is 168 Å². The maximum Gasteiger partial charge on any atom is 0.234 e. The Morgan fingerprint density at radius 3 is 2.54 bits per heavy atom. The highest BCUT2D eigenvalue weighted by Crippen LogP contribution is 2.24. The minimum atomic E-state index is -0.0763. The van der Waals surface area contributed by atoms with E-state index in [9.17, 15) is 4.79 Å². The average Bonchev–Trinajstić information content (AvgIpc) is 3.15. The summed E-state index contributed by atoms with van der Waals surface area (Å²) in [4.78, 5) is 16.5. The molecule has 0 aliphatic rings. The van der Waals surface area contributed by atoms with Crippen LogP contribution in [0.3, 0.4) is 0 Å². The average molecular weight is 398 g/mol. The number of aromatic nitrogens is 4. The third-order valence-corrected chi connectivity index (χ3v) is 5.18. The van der Waals surface area contributed by atoms with Crippen molar-refractivity contribution in [3.05, 3.63) is 48.2 Å². The van der Waals surface area contributed by atoms with Gasteiger partial charge in [-0.25, -0.2) is 4.98 Å². The molecule has 0 atom stereocenters. The van der Waals surface area contributed by atoms with E-state index >= 15 is 0 Å². The van der Waals surface area contributed by atoms with E-state index in [2.05, 4.69) is 27.4 Å². The van der Waals surface area contributed by atoms with Crippen molar-refractivity contribution in [2.45, 2.75) is 32.0 Å². The number of methoxy groups -OCH3 is 1. The quantitative estimate of drug-likeness (QED) is 0.584. The van der Waals surface area contributed by atoms with Gasteiger partial charge in [0.15, 0.2) is 11.0 Å². The maximum absolute atomic E-state index is 12.3. The summed E-state index contributed by atoms with van der Waals surface area (Å²) in [6, 6.07) is 11.6. The van der Waals surface area contributed by atoms with Crippen LogP contribution < -0.4 is 10.1 Å². The zero-order chi connectivity index (χ0) is 19.9. The lowest BCUT2D eigenvalue weighted by molar-refractivity contribution is -0.113. The van der Waals surface area contributed by atoms with Crippen LogP contribution in [-0.2, 0) is 17.8 Å². The molecule has 0 fully saturated rings. The van der Waals surface area contributed by atoms with Gasteiger partial charge in [-0.2, -0.15) is 0 Å². The highest BCUT2D eigenvalue weighted by atomic mass is 32.2. The number of amides is 1. The third kappa shape index (κ3) is 4.69. The van der Waals surface area contributed by atoms with Gasteiger partial charge in [0.2, 0.25) is 11.8 Å². The van der Waals surface area contributed by atoms with E-state index in [0.29, 0.717) is 17.6 Å². The monoisotopic (exact) mass is 397 g/mol. The minimum Gasteiger partial charge on any atom is -0.481 e. The number of aryl methyl sites for hydroxylation is 1. The molecule has 0 spiro atoms. The molecular formula is C20H23N5O2S. The molecule has 0 saturated heterocycles.